The number of carbonyl (C=O) groups is 5. The maximum absolute atomic E-state index is 12.4. The van der Waals surface area contributed by atoms with Crippen LogP contribution in [-0.2, 0) is 30.4 Å². The zero-order valence-electron chi connectivity index (χ0n) is 16.8. The van der Waals surface area contributed by atoms with E-state index in [-0.39, 0.29) is 13.0 Å². The van der Waals surface area contributed by atoms with E-state index in [0.29, 0.717) is 12.8 Å². The van der Waals surface area contributed by atoms with Crippen LogP contribution >= 0.6 is 0 Å². The Bertz CT molecular complexity index is 830. The minimum atomic E-state index is -1.44. The normalized spacial score (nSPS) is 17.5. The van der Waals surface area contributed by atoms with E-state index in [4.69, 9.17) is 15.9 Å². The number of nitrogens with one attached hydrogen (secondary N) is 2. The van der Waals surface area contributed by atoms with Crippen molar-refractivity contribution in [3.05, 3.63) is 35.9 Å². The molecule has 3 amide bonds. The summed E-state index contributed by atoms with van der Waals surface area (Å²) in [6, 6.07) is 5.55. The second-order valence-electron chi connectivity index (χ2n) is 7.26. The van der Waals surface area contributed by atoms with Crippen LogP contribution in [-0.4, -0.2) is 76.0 Å². The van der Waals surface area contributed by atoms with Crippen molar-refractivity contribution in [2.45, 2.75) is 43.8 Å². The number of hydrogen-bond donors (Lipinski definition) is 5. The average Bonchev–Trinajstić information content (AvgIpc) is 3.22. The summed E-state index contributed by atoms with van der Waals surface area (Å²) in [5.41, 5.74) is 6.67. The van der Waals surface area contributed by atoms with Crippen LogP contribution in [0.5, 0.6) is 0 Å². The van der Waals surface area contributed by atoms with Gasteiger partial charge in [-0.3, -0.25) is 19.2 Å². The number of carboxylic acids is 2. The van der Waals surface area contributed by atoms with Crippen molar-refractivity contribution < 1.29 is 34.2 Å². The molecule has 3 unspecified atom stereocenters. The van der Waals surface area contributed by atoms with Crippen molar-refractivity contribution in [2.24, 2.45) is 5.73 Å². The minimum Gasteiger partial charge on any atom is -0.481 e. The number of carbonyl (C=O) groups excluding carboxylic acids is 3. The summed E-state index contributed by atoms with van der Waals surface area (Å²) in [5.74, 6) is -4.63. The Morgan fingerprint density at radius 1 is 1.10 bits per heavy atom. The molecule has 0 aromatic heterocycles. The molecule has 11 heteroatoms. The van der Waals surface area contributed by atoms with Crippen LogP contribution in [0.15, 0.2) is 30.3 Å². The predicted octanol–water partition coefficient (Wildman–Crippen LogP) is -1.29. The lowest BCUT2D eigenvalue weighted by Crippen LogP contribution is -2.54. The summed E-state index contributed by atoms with van der Waals surface area (Å²) in [7, 11) is 0. The first-order valence-corrected chi connectivity index (χ1v) is 9.80. The van der Waals surface area contributed by atoms with Crippen LogP contribution in [0.25, 0.3) is 0 Å². The van der Waals surface area contributed by atoms with E-state index >= 15 is 0 Å². The molecule has 1 fully saturated rings. The maximum Gasteiger partial charge on any atom is 0.326 e. The summed E-state index contributed by atoms with van der Waals surface area (Å²) in [6.07, 6.45) is 0.350. The van der Waals surface area contributed by atoms with Gasteiger partial charge in [0.05, 0.1) is 19.0 Å². The molecule has 0 bridgehead atoms. The zero-order chi connectivity index (χ0) is 23.0. The summed E-state index contributed by atoms with van der Waals surface area (Å²) >= 11 is 0. The lowest BCUT2D eigenvalue weighted by molar-refractivity contribution is -0.148. The fraction of sp³-hybridized carbons (Fsp3) is 0.450. The molecule has 31 heavy (non-hydrogen) atoms. The monoisotopic (exact) mass is 434 g/mol. The van der Waals surface area contributed by atoms with Gasteiger partial charge in [0.2, 0.25) is 17.7 Å². The molecule has 2 rings (SSSR count). The quantitative estimate of drug-likeness (QED) is 0.302. The largest absolute Gasteiger partial charge is 0.481 e. The number of aliphatic carboxylic acids is 2. The molecule has 1 saturated heterocycles. The molecule has 1 aromatic rings. The van der Waals surface area contributed by atoms with Crippen molar-refractivity contribution in [1.29, 1.82) is 0 Å². The SMILES string of the molecule is NC(Cc1ccccc1)C(=O)NC(CC(=O)O)C(=O)NCC(=O)N1CCCC1C(=O)O. The van der Waals surface area contributed by atoms with Crippen molar-refractivity contribution >= 4 is 29.7 Å². The van der Waals surface area contributed by atoms with Gasteiger partial charge in [-0.2, -0.15) is 0 Å². The van der Waals surface area contributed by atoms with E-state index in [1.807, 2.05) is 6.07 Å². The Kier molecular flexibility index (Phi) is 8.50. The first-order chi connectivity index (χ1) is 14.7. The van der Waals surface area contributed by atoms with Crippen LogP contribution in [0.2, 0.25) is 0 Å². The van der Waals surface area contributed by atoms with E-state index in [9.17, 15) is 24.0 Å². The molecule has 0 saturated carbocycles. The smallest absolute Gasteiger partial charge is 0.326 e. The van der Waals surface area contributed by atoms with Gasteiger partial charge in [0.25, 0.3) is 0 Å². The van der Waals surface area contributed by atoms with Crippen molar-refractivity contribution in [2.75, 3.05) is 13.1 Å². The Morgan fingerprint density at radius 3 is 2.39 bits per heavy atom. The van der Waals surface area contributed by atoms with Gasteiger partial charge in [-0.25, -0.2) is 4.79 Å². The zero-order valence-corrected chi connectivity index (χ0v) is 16.8. The molecular formula is C20H26N4O7. The van der Waals surface area contributed by atoms with Gasteiger partial charge < -0.3 is 31.5 Å². The lowest BCUT2D eigenvalue weighted by atomic mass is 10.1. The van der Waals surface area contributed by atoms with E-state index in [2.05, 4.69) is 10.6 Å². The van der Waals surface area contributed by atoms with Gasteiger partial charge in [-0.15, -0.1) is 0 Å². The molecule has 0 spiro atoms. The molecule has 1 aliphatic heterocycles. The van der Waals surface area contributed by atoms with Gasteiger partial charge in [-0.1, -0.05) is 30.3 Å². The fourth-order valence-corrected chi connectivity index (χ4v) is 3.33. The standard InChI is InChI=1S/C20H26N4O7/c21-13(9-12-5-2-1-3-6-12)18(28)23-14(10-17(26)27)19(29)22-11-16(25)24-8-4-7-15(24)20(30)31/h1-3,5-6,13-15H,4,7-11,21H2,(H,22,29)(H,23,28)(H,26,27)(H,30,31). The average molecular weight is 434 g/mol. The van der Waals surface area contributed by atoms with Crippen LogP contribution in [0.1, 0.15) is 24.8 Å². The van der Waals surface area contributed by atoms with Crippen LogP contribution in [0.4, 0.5) is 0 Å². The predicted molar refractivity (Wildman–Crippen MR) is 108 cm³/mol. The van der Waals surface area contributed by atoms with Gasteiger partial charge in [0, 0.05) is 6.54 Å². The molecule has 3 atom stereocenters. The highest BCUT2D eigenvalue weighted by Gasteiger charge is 2.34. The van der Waals surface area contributed by atoms with Crippen molar-refractivity contribution in [3.8, 4) is 0 Å². The number of carboxylic acid groups (broad SMARTS) is 2. The van der Waals surface area contributed by atoms with E-state index < -0.39 is 60.8 Å². The Hall–Kier alpha value is -3.47. The number of nitrogens with two attached hydrogens (primary N) is 1. The minimum absolute atomic E-state index is 0.193. The Morgan fingerprint density at radius 2 is 1.77 bits per heavy atom. The lowest BCUT2D eigenvalue weighted by Gasteiger charge is -2.23. The number of nitrogens with zero attached hydrogens (tertiary/aromatic N) is 1. The van der Waals surface area contributed by atoms with Gasteiger partial charge in [0.1, 0.15) is 12.1 Å². The number of amides is 3. The summed E-state index contributed by atoms with van der Waals surface area (Å²) in [5, 5.41) is 22.8. The van der Waals surface area contributed by atoms with Crippen molar-refractivity contribution in [1.82, 2.24) is 15.5 Å². The van der Waals surface area contributed by atoms with E-state index in [0.717, 1.165) is 10.5 Å². The third-order valence-electron chi connectivity index (χ3n) is 4.92. The summed E-state index contributed by atoms with van der Waals surface area (Å²) in [6.45, 7) is -0.250. The van der Waals surface area contributed by atoms with Gasteiger partial charge in [0.15, 0.2) is 0 Å². The third-order valence-corrected chi connectivity index (χ3v) is 4.92. The van der Waals surface area contributed by atoms with Crippen LogP contribution < -0.4 is 16.4 Å². The van der Waals surface area contributed by atoms with Crippen LogP contribution in [0, 0.1) is 0 Å². The highest BCUT2D eigenvalue weighted by Crippen LogP contribution is 2.17. The first-order valence-electron chi connectivity index (χ1n) is 9.80. The number of hydrogen-bond acceptors (Lipinski definition) is 6. The first kappa shape index (κ1) is 23.8. The number of benzene rings is 1. The van der Waals surface area contributed by atoms with E-state index in [1.165, 1.54) is 0 Å². The molecule has 168 valence electrons. The molecule has 6 N–H and O–H groups in total. The second-order valence-corrected chi connectivity index (χ2v) is 7.26. The van der Waals surface area contributed by atoms with E-state index in [1.54, 1.807) is 24.3 Å². The maximum atomic E-state index is 12.4. The Balaban J connectivity index is 1.93. The highest BCUT2D eigenvalue weighted by atomic mass is 16.4. The van der Waals surface area contributed by atoms with Crippen LogP contribution in [0.3, 0.4) is 0 Å². The van der Waals surface area contributed by atoms with Crippen molar-refractivity contribution in [3.63, 3.8) is 0 Å². The highest BCUT2D eigenvalue weighted by molar-refractivity contribution is 5.94. The molecular weight excluding hydrogens is 408 g/mol. The molecule has 1 aliphatic rings. The summed E-state index contributed by atoms with van der Waals surface area (Å²) < 4.78 is 0. The third kappa shape index (κ3) is 7.07. The molecule has 11 nitrogen and oxygen atoms in total. The topological polar surface area (TPSA) is 179 Å². The molecule has 1 aromatic carbocycles. The molecule has 1 heterocycles. The van der Waals surface area contributed by atoms with Gasteiger partial charge in [-0.05, 0) is 24.8 Å². The second kappa shape index (κ2) is 11.1. The Labute approximate surface area is 178 Å². The number of rotatable bonds is 10. The molecule has 0 radical (unpaired) electrons. The summed E-state index contributed by atoms with van der Waals surface area (Å²) in [4.78, 5) is 60.5. The van der Waals surface area contributed by atoms with Gasteiger partial charge >= 0.3 is 11.9 Å². The fourth-order valence-electron chi connectivity index (χ4n) is 3.33. The molecule has 0 aliphatic carbocycles. The number of likely N-dealkylation sites (tertiary alicyclic amines) is 1.